The molecule has 27 heavy (non-hydrogen) atoms. The second-order valence-corrected chi connectivity index (χ2v) is 7.04. The van der Waals surface area contributed by atoms with E-state index in [4.69, 9.17) is 16.3 Å². The highest BCUT2D eigenvalue weighted by atomic mass is 35.5. The Hall–Kier alpha value is -1.54. The van der Waals surface area contributed by atoms with E-state index < -0.39 is 0 Å². The van der Waals surface area contributed by atoms with E-state index in [2.05, 4.69) is 15.5 Å². The van der Waals surface area contributed by atoms with Crippen LogP contribution >= 0.6 is 24.0 Å². The average Bonchev–Trinajstić information content (AvgIpc) is 3.04. The monoisotopic (exact) mass is 416 g/mol. The third-order valence-electron chi connectivity index (χ3n) is 4.86. The SMILES string of the molecule is COc1ccc(Cl)cc1N1CC(C(=O)NCCN2CCNCC2)CC1=O.Cl. The van der Waals surface area contributed by atoms with Crippen LogP contribution in [0.25, 0.3) is 0 Å². The van der Waals surface area contributed by atoms with Gasteiger partial charge in [0.1, 0.15) is 5.75 Å². The molecule has 1 unspecified atom stereocenters. The number of methoxy groups -OCH3 is 1. The Bertz CT molecular complexity index is 668. The van der Waals surface area contributed by atoms with Crippen molar-refractivity contribution in [1.82, 2.24) is 15.5 Å². The van der Waals surface area contributed by atoms with E-state index in [1.54, 1.807) is 30.2 Å². The van der Waals surface area contributed by atoms with Crippen molar-refractivity contribution in [3.8, 4) is 5.75 Å². The second kappa shape index (κ2) is 10.1. The molecule has 2 aliphatic rings. The highest BCUT2D eigenvalue weighted by Crippen LogP contribution is 2.35. The summed E-state index contributed by atoms with van der Waals surface area (Å²) in [5.74, 6) is 0.0570. The van der Waals surface area contributed by atoms with Gasteiger partial charge in [0, 0.05) is 57.3 Å². The molecule has 9 heteroatoms. The van der Waals surface area contributed by atoms with Crippen LogP contribution in [0.4, 0.5) is 5.69 Å². The van der Waals surface area contributed by atoms with Crippen molar-refractivity contribution in [1.29, 1.82) is 0 Å². The normalized spacial score (nSPS) is 20.3. The van der Waals surface area contributed by atoms with Crippen LogP contribution in [0.3, 0.4) is 0 Å². The van der Waals surface area contributed by atoms with Crippen molar-refractivity contribution in [2.75, 3.05) is 57.8 Å². The van der Waals surface area contributed by atoms with E-state index in [0.29, 0.717) is 29.5 Å². The van der Waals surface area contributed by atoms with Gasteiger partial charge in [-0.1, -0.05) is 11.6 Å². The van der Waals surface area contributed by atoms with Crippen LogP contribution in [0.1, 0.15) is 6.42 Å². The Morgan fingerprint density at radius 1 is 1.37 bits per heavy atom. The third kappa shape index (κ3) is 5.48. The Labute approximate surface area is 170 Å². The van der Waals surface area contributed by atoms with Crippen molar-refractivity contribution in [3.05, 3.63) is 23.2 Å². The van der Waals surface area contributed by atoms with E-state index in [0.717, 1.165) is 32.7 Å². The number of nitrogens with zero attached hydrogens (tertiary/aromatic N) is 2. The summed E-state index contributed by atoms with van der Waals surface area (Å²) in [5, 5.41) is 6.80. The summed E-state index contributed by atoms with van der Waals surface area (Å²) >= 11 is 6.06. The third-order valence-corrected chi connectivity index (χ3v) is 5.10. The molecule has 0 aliphatic carbocycles. The van der Waals surface area contributed by atoms with E-state index in [1.165, 1.54) is 0 Å². The fourth-order valence-corrected chi connectivity index (χ4v) is 3.57. The zero-order chi connectivity index (χ0) is 18.5. The molecule has 2 amide bonds. The van der Waals surface area contributed by atoms with Crippen molar-refractivity contribution >= 4 is 41.5 Å². The molecule has 0 radical (unpaired) electrons. The summed E-state index contributed by atoms with van der Waals surface area (Å²) in [7, 11) is 1.55. The van der Waals surface area contributed by atoms with Crippen LogP contribution < -0.4 is 20.3 Å². The molecule has 0 spiro atoms. The first-order valence-corrected chi connectivity index (χ1v) is 9.31. The summed E-state index contributed by atoms with van der Waals surface area (Å²) in [5.41, 5.74) is 0.612. The van der Waals surface area contributed by atoms with Gasteiger partial charge in [-0.3, -0.25) is 14.5 Å². The fourth-order valence-electron chi connectivity index (χ4n) is 3.41. The van der Waals surface area contributed by atoms with Gasteiger partial charge in [0.25, 0.3) is 0 Å². The van der Waals surface area contributed by atoms with Gasteiger partial charge in [-0.05, 0) is 18.2 Å². The number of hydrogen-bond donors (Lipinski definition) is 2. The molecular weight excluding hydrogens is 391 g/mol. The van der Waals surface area contributed by atoms with Crippen LogP contribution in [0.5, 0.6) is 5.75 Å². The largest absolute Gasteiger partial charge is 0.495 e. The van der Waals surface area contributed by atoms with Crippen molar-refractivity contribution in [2.45, 2.75) is 6.42 Å². The van der Waals surface area contributed by atoms with Gasteiger partial charge in [0.15, 0.2) is 0 Å². The van der Waals surface area contributed by atoms with Crippen LogP contribution in [0, 0.1) is 5.92 Å². The number of anilines is 1. The molecule has 0 bridgehead atoms. The average molecular weight is 417 g/mol. The molecule has 2 aliphatic heterocycles. The maximum Gasteiger partial charge on any atom is 0.227 e. The lowest BCUT2D eigenvalue weighted by atomic mass is 10.1. The molecule has 0 aromatic heterocycles. The Balaban J connectivity index is 0.00000261. The highest BCUT2D eigenvalue weighted by molar-refractivity contribution is 6.31. The second-order valence-electron chi connectivity index (χ2n) is 6.60. The molecule has 2 heterocycles. The van der Waals surface area contributed by atoms with E-state index in [9.17, 15) is 9.59 Å². The number of rotatable bonds is 6. The number of ether oxygens (including phenoxy) is 1. The smallest absolute Gasteiger partial charge is 0.227 e. The molecule has 7 nitrogen and oxygen atoms in total. The molecule has 3 rings (SSSR count). The number of carbonyl (C=O) groups is 2. The van der Waals surface area contributed by atoms with Gasteiger partial charge in [-0.25, -0.2) is 0 Å². The molecule has 2 N–H and O–H groups in total. The minimum Gasteiger partial charge on any atom is -0.495 e. The molecule has 0 saturated carbocycles. The number of benzene rings is 1. The van der Waals surface area contributed by atoms with Gasteiger partial charge >= 0.3 is 0 Å². The molecule has 1 aromatic carbocycles. The quantitative estimate of drug-likeness (QED) is 0.727. The predicted molar refractivity (Wildman–Crippen MR) is 108 cm³/mol. The summed E-state index contributed by atoms with van der Waals surface area (Å²) in [6, 6.07) is 5.14. The molecule has 2 saturated heterocycles. The summed E-state index contributed by atoms with van der Waals surface area (Å²) < 4.78 is 5.33. The molecule has 1 aromatic rings. The van der Waals surface area contributed by atoms with Crippen molar-refractivity contribution in [2.24, 2.45) is 5.92 Å². The number of amides is 2. The van der Waals surface area contributed by atoms with Gasteiger partial charge in [0.05, 0.1) is 18.7 Å². The Morgan fingerprint density at radius 3 is 2.81 bits per heavy atom. The lowest BCUT2D eigenvalue weighted by Crippen LogP contribution is -2.46. The van der Waals surface area contributed by atoms with Gasteiger partial charge in [0.2, 0.25) is 11.8 Å². The standard InChI is InChI=1S/C18H25ClN4O3.ClH/c1-26-16-3-2-14(19)11-15(16)23-12-13(10-17(23)24)18(25)21-6-9-22-7-4-20-5-8-22;/h2-3,11,13,20H,4-10,12H2,1H3,(H,21,25);1H. The van der Waals surface area contributed by atoms with E-state index in [1.807, 2.05) is 0 Å². The van der Waals surface area contributed by atoms with E-state index in [-0.39, 0.29) is 36.6 Å². The molecular formula is C18H26Cl2N4O3. The summed E-state index contributed by atoms with van der Waals surface area (Å²) in [6.45, 7) is 5.75. The zero-order valence-corrected chi connectivity index (χ0v) is 16.9. The fraction of sp³-hybridized carbons (Fsp3) is 0.556. The number of hydrogen-bond acceptors (Lipinski definition) is 5. The highest BCUT2D eigenvalue weighted by Gasteiger charge is 2.36. The lowest BCUT2D eigenvalue weighted by molar-refractivity contribution is -0.126. The molecule has 2 fully saturated rings. The summed E-state index contributed by atoms with van der Waals surface area (Å²) in [6.07, 6.45) is 0.204. The zero-order valence-electron chi connectivity index (χ0n) is 15.4. The van der Waals surface area contributed by atoms with Gasteiger partial charge < -0.3 is 20.3 Å². The van der Waals surface area contributed by atoms with Crippen molar-refractivity contribution in [3.63, 3.8) is 0 Å². The predicted octanol–water partition coefficient (Wildman–Crippen LogP) is 1.14. The van der Waals surface area contributed by atoms with Crippen LogP contribution in [0.15, 0.2) is 18.2 Å². The van der Waals surface area contributed by atoms with Gasteiger partial charge in [-0.2, -0.15) is 0 Å². The Morgan fingerprint density at radius 2 is 2.11 bits per heavy atom. The number of nitrogens with one attached hydrogen (secondary N) is 2. The van der Waals surface area contributed by atoms with E-state index >= 15 is 0 Å². The minimum atomic E-state index is -0.353. The summed E-state index contributed by atoms with van der Waals surface area (Å²) in [4.78, 5) is 28.8. The maximum absolute atomic E-state index is 12.5. The lowest BCUT2D eigenvalue weighted by Gasteiger charge is -2.27. The number of carbonyl (C=O) groups excluding carboxylic acids is 2. The first-order valence-electron chi connectivity index (χ1n) is 8.93. The van der Waals surface area contributed by atoms with Gasteiger partial charge in [-0.15, -0.1) is 12.4 Å². The first kappa shape index (κ1) is 21.8. The maximum atomic E-state index is 12.5. The van der Waals surface area contributed by atoms with Crippen LogP contribution in [0.2, 0.25) is 5.02 Å². The number of halogens is 2. The molecule has 1 atom stereocenters. The molecule has 150 valence electrons. The van der Waals surface area contributed by atoms with Crippen molar-refractivity contribution < 1.29 is 14.3 Å². The van der Waals surface area contributed by atoms with Crippen LogP contribution in [-0.4, -0.2) is 69.6 Å². The number of piperazine rings is 1. The topological polar surface area (TPSA) is 73.9 Å². The van der Waals surface area contributed by atoms with Crippen LogP contribution in [-0.2, 0) is 9.59 Å². The minimum absolute atomic E-state index is 0. The Kier molecular flexibility index (Phi) is 8.16. The first-order chi connectivity index (χ1) is 12.6.